The zero-order valence-electron chi connectivity index (χ0n) is 8.84. The number of halogens is 2. The number of ether oxygens (including phenoxy) is 1. The molecule has 0 saturated heterocycles. The van der Waals surface area contributed by atoms with Crippen molar-refractivity contribution in [2.24, 2.45) is 0 Å². The van der Waals surface area contributed by atoms with E-state index < -0.39 is 6.43 Å². The Balaban J connectivity index is 2.54. The van der Waals surface area contributed by atoms with Gasteiger partial charge in [0.25, 0.3) is 6.43 Å². The first-order valence-electron chi connectivity index (χ1n) is 4.79. The van der Waals surface area contributed by atoms with Gasteiger partial charge in [0.05, 0.1) is 13.7 Å². The van der Waals surface area contributed by atoms with Gasteiger partial charge in [-0.25, -0.2) is 8.78 Å². The summed E-state index contributed by atoms with van der Waals surface area (Å²) in [5.41, 5.74) is 0.969. The van der Waals surface area contributed by atoms with Crippen molar-refractivity contribution in [2.45, 2.75) is 19.4 Å². The molecule has 0 aromatic heterocycles. The average molecular weight is 215 g/mol. The number of rotatable bonds is 5. The van der Waals surface area contributed by atoms with Crippen molar-refractivity contribution in [2.75, 3.05) is 13.7 Å². The first-order chi connectivity index (χ1) is 7.13. The van der Waals surface area contributed by atoms with Crippen molar-refractivity contribution in [1.82, 2.24) is 5.32 Å². The van der Waals surface area contributed by atoms with Crippen LogP contribution in [0.15, 0.2) is 24.3 Å². The van der Waals surface area contributed by atoms with E-state index in [2.05, 4.69) is 5.32 Å². The molecular weight excluding hydrogens is 200 g/mol. The van der Waals surface area contributed by atoms with Crippen molar-refractivity contribution in [3.63, 3.8) is 0 Å². The zero-order valence-corrected chi connectivity index (χ0v) is 8.84. The molecule has 0 spiro atoms. The average Bonchev–Trinajstić information content (AvgIpc) is 2.26. The van der Waals surface area contributed by atoms with Crippen LogP contribution < -0.4 is 10.1 Å². The van der Waals surface area contributed by atoms with Crippen molar-refractivity contribution in [3.8, 4) is 5.75 Å². The first kappa shape index (κ1) is 11.9. The number of nitrogens with one attached hydrogen (secondary N) is 1. The first-order valence-corrected chi connectivity index (χ1v) is 4.79. The third-order valence-corrected chi connectivity index (χ3v) is 2.19. The van der Waals surface area contributed by atoms with Gasteiger partial charge in [-0.3, -0.25) is 0 Å². The molecule has 0 aliphatic rings. The van der Waals surface area contributed by atoms with E-state index >= 15 is 0 Å². The van der Waals surface area contributed by atoms with Gasteiger partial charge in [0, 0.05) is 6.04 Å². The molecule has 0 heterocycles. The number of alkyl halides is 2. The Morgan fingerprint density at radius 1 is 1.27 bits per heavy atom. The van der Waals surface area contributed by atoms with Crippen LogP contribution in [0.5, 0.6) is 5.75 Å². The van der Waals surface area contributed by atoms with E-state index in [4.69, 9.17) is 4.74 Å². The van der Waals surface area contributed by atoms with Crippen LogP contribution in [0.4, 0.5) is 8.78 Å². The second-order valence-electron chi connectivity index (χ2n) is 3.29. The minimum atomic E-state index is -2.31. The lowest BCUT2D eigenvalue weighted by Crippen LogP contribution is -2.24. The maximum absolute atomic E-state index is 11.9. The molecule has 0 aliphatic carbocycles. The molecular formula is C11H15F2NO. The maximum atomic E-state index is 11.9. The Labute approximate surface area is 88.3 Å². The molecule has 0 fully saturated rings. The summed E-state index contributed by atoms with van der Waals surface area (Å²) in [7, 11) is 1.59. The highest BCUT2D eigenvalue weighted by Crippen LogP contribution is 2.17. The highest BCUT2D eigenvalue weighted by atomic mass is 19.3. The summed E-state index contributed by atoms with van der Waals surface area (Å²) in [6.45, 7) is 1.57. The van der Waals surface area contributed by atoms with Gasteiger partial charge in [-0.1, -0.05) is 12.1 Å². The molecule has 1 aromatic rings. The van der Waals surface area contributed by atoms with Gasteiger partial charge in [0.2, 0.25) is 0 Å². The van der Waals surface area contributed by atoms with Crippen LogP contribution in [-0.2, 0) is 0 Å². The van der Waals surface area contributed by atoms with Gasteiger partial charge >= 0.3 is 0 Å². The molecule has 0 aliphatic heterocycles. The molecule has 1 N–H and O–H groups in total. The fourth-order valence-corrected chi connectivity index (χ4v) is 1.28. The predicted octanol–water partition coefficient (Wildman–Crippen LogP) is 2.61. The summed E-state index contributed by atoms with van der Waals surface area (Å²) in [6.07, 6.45) is -2.31. The number of hydrogen-bond donors (Lipinski definition) is 1. The number of benzene rings is 1. The van der Waals surface area contributed by atoms with Gasteiger partial charge in [0.15, 0.2) is 0 Å². The Morgan fingerprint density at radius 2 is 1.87 bits per heavy atom. The Morgan fingerprint density at radius 3 is 2.33 bits per heavy atom. The van der Waals surface area contributed by atoms with E-state index in [1.807, 2.05) is 31.2 Å². The molecule has 4 heteroatoms. The van der Waals surface area contributed by atoms with Crippen LogP contribution in [-0.4, -0.2) is 20.1 Å². The smallest absolute Gasteiger partial charge is 0.250 e. The summed E-state index contributed by atoms with van der Waals surface area (Å²) in [4.78, 5) is 0. The summed E-state index contributed by atoms with van der Waals surface area (Å²) >= 11 is 0. The van der Waals surface area contributed by atoms with Crippen LogP contribution in [0.3, 0.4) is 0 Å². The van der Waals surface area contributed by atoms with Crippen molar-refractivity contribution >= 4 is 0 Å². The van der Waals surface area contributed by atoms with Gasteiger partial charge < -0.3 is 10.1 Å². The molecule has 15 heavy (non-hydrogen) atoms. The Hall–Kier alpha value is -1.16. The maximum Gasteiger partial charge on any atom is 0.250 e. The predicted molar refractivity (Wildman–Crippen MR) is 55.4 cm³/mol. The monoisotopic (exact) mass is 215 g/mol. The summed E-state index contributed by atoms with van der Waals surface area (Å²) in [5, 5.41) is 2.74. The number of methoxy groups -OCH3 is 1. The molecule has 0 unspecified atom stereocenters. The SMILES string of the molecule is COc1ccc([C@@H](C)NCC(F)F)cc1. The standard InChI is InChI=1S/C11H15F2NO/c1-8(14-7-11(12)13)9-3-5-10(15-2)6-4-9/h3-6,8,11,14H,7H2,1-2H3/t8-/m1/s1. The van der Waals surface area contributed by atoms with Gasteiger partial charge in [-0.05, 0) is 24.6 Å². The van der Waals surface area contributed by atoms with Gasteiger partial charge in [0.1, 0.15) is 5.75 Å². The third kappa shape index (κ3) is 3.83. The zero-order chi connectivity index (χ0) is 11.3. The van der Waals surface area contributed by atoms with E-state index in [9.17, 15) is 8.78 Å². The summed E-state index contributed by atoms with van der Waals surface area (Å²) < 4.78 is 28.9. The molecule has 1 rings (SSSR count). The van der Waals surface area contributed by atoms with E-state index in [0.29, 0.717) is 0 Å². The second-order valence-corrected chi connectivity index (χ2v) is 3.29. The molecule has 84 valence electrons. The molecule has 1 aromatic carbocycles. The fraction of sp³-hybridized carbons (Fsp3) is 0.455. The largest absolute Gasteiger partial charge is 0.497 e. The normalized spacial score (nSPS) is 12.9. The molecule has 0 amide bonds. The van der Waals surface area contributed by atoms with Crippen LogP contribution >= 0.6 is 0 Å². The molecule has 0 saturated carbocycles. The molecule has 0 bridgehead atoms. The lowest BCUT2D eigenvalue weighted by molar-refractivity contribution is 0.142. The van der Waals surface area contributed by atoms with Gasteiger partial charge in [-0.2, -0.15) is 0 Å². The van der Waals surface area contributed by atoms with Gasteiger partial charge in [-0.15, -0.1) is 0 Å². The van der Waals surface area contributed by atoms with E-state index in [-0.39, 0.29) is 12.6 Å². The highest BCUT2D eigenvalue weighted by Gasteiger charge is 2.08. The second kappa shape index (κ2) is 5.66. The topological polar surface area (TPSA) is 21.3 Å². The number of hydrogen-bond acceptors (Lipinski definition) is 2. The van der Waals surface area contributed by atoms with E-state index in [1.54, 1.807) is 7.11 Å². The van der Waals surface area contributed by atoms with Crippen LogP contribution in [0.1, 0.15) is 18.5 Å². The minimum absolute atomic E-state index is 0.0788. The summed E-state index contributed by atoms with van der Waals surface area (Å²) in [6, 6.07) is 7.28. The molecule has 2 nitrogen and oxygen atoms in total. The van der Waals surface area contributed by atoms with Crippen molar-refractivity contribution < 1.29 is 13.5 Å². The van der Waals surface area contributed by atoms with Crippen molar-refractivity contribution in [1.29, 1.82) is 0 Å². The third-order valence-electron chi connectivity index (χ3n) is 2.19. The highest BCUT2D eigenvalue weighted by molar-refractivity contribution is 5.28. The van der Waals surface area contributed by atoms with Crippen molar-refractivity contribution in [3.05, 3.63) is 29.8 Å². The minimum Gasteiger partial charge on any atom is -0.497 e. The van der Waals surface area contributed by atoms with Crippen LogP contribution in [0, 0.1) is 0 Å². The lowest BCUT2D eigenvalue weighted by Gasteiger charge is -2.14. The lowest BCUT2D eigenvalue weighted by atomic mass is 10.1. The fourth-order valence-electron chi connectivity index (χ4n) is 1.28. The van der Waals surface area contributed by atoms with E-state index in [0.717, 1.165) is 11.3 Å². The summed E-state index contributed by atoms with van der Waals surface area (Å²) in [5.74, 6) is 0.764. The van der Waals surface area contributed by atoms with Crippen LogP contribution in [0.2, 0.25) is 0 Å². The molecule has 0 radical (unpaired) electrons. The Bertz CT molecular complexity index is 287. The van der Waals surface area contributed by atoms with Crippen LogP contribution in [0.25, 0.3) is 0 Å². The quantitative estimate of drug-likeness (QED) is 0.815. The molecule has 1 atom stereocenters. The van der Waals surface area contributed by atoms with E-state index in [1.165, 1.54) is 0 Å². The Kier molecular flexibility index (Phi) is 4.49.